The first-order valence-corrected chi connectivity index (χ1v) is 8.45. The summed E-state index contributed by atoms with van der Waals surface area (Å²) in [7, 11) is 0. The van der Waals surface area contributed by atoms with Crippen molar-refractivity contribution in [3.63, 3.8) is 0 Å². The number of likely N-dealkylation sites (tertiary alicyclic amines) is 1. The lowest BCUT2D eigenvalue weighted by atomic mass is 9.96. The molecule has 2 N–H and O–H groups in total. The number of anilines is 2. The Morgan fingerprint density at radius 2 is 1.88 bits per heavy atom. The topological polar surface area (TPSA) is 87.5 Å². The second-order valence-corrected chi connectivity index (χ2v) is 6.45. The van der Waals surface area contributed by atoms with Crippen LogP contribution in [0.3, 0.4) is 0 Å². The molecule has 1 aromatic carbocycles. The highest BCUT2D eigenvalue weighted by molar-refractivity contribution is 6.30. The Kier molecular flexibility index (Phi) is 5.23. The Morgan fingerprint density at radius 1 is 1.20 bits per heavy atom. The number of carbonyl (C=O) groups excluding carboxylic acids is 2. The Labute approximate surface area is 150 Å². The van der Waals surface area contributed by atoms with Crippen LogP contribution >= 0.6 is 11.6 Å². The van der Waals surface area contributed by atoms with Gasteiger partial charge in [-0.05, 0) is 44.0 Å². The predicted molar refractivity (Wildman–Crippen MR) is 94.6 cm³/mol. The molecule has 0 spiro atoms. The Hall–Kier alpha value is -2.54. The third kappa shape index (κ3) is 4.51. The van der Waals surface area contributed by atoms with Crippen molar-refractivity contribution in [3.05, 3.63) is 41.1 Å². The van der Waals surface area contributed by atoms with Crippen molar-refractivity contribution < 1.29 is 14.1 Å². The van der Waals surface area contributed by atoms with Crippen LogP contribution in [0.2, 0.25) is 5.02 Å². The summed E-state index contributed by atoms with van der Waals surface area (Å²) in [5, 5.41) is 9.95. The summed E-state index contributed by atoms with van der Waals surface area (Å²) in [5.41, 5.74) is 0.690. The van der Waals surface area contributed by atoms with Crippen molar-refractivity contribution in [3.8, 4) is 0 Å². The lowest BCUT2D eigenvalue weighted by Crippen LogP contribution is -2.43. The number of urea groups is 1. The quantitative estimate of drug-likeness (QED) is 0.874. The van der Waals surface area contributed by atoms with Crippen molar-refractivity contribution in [2.75, 3.05) is 23.7 Å². The van der Waals surface area contributed by atoms with Crippen LogP contribution in [0.1, 0.15) is 18.6 Å². The standard InChI is InChI=1S/C17H19ClN4O3/c1-11-10-15(21-25-11)20-16(23)12-6-8-22(9-7-12)17(24)19-14-4-2-13(18)3-5-14/h2-5,10,12H,6-9H2,1H3,(H,19,24)(H,20,21,23). The van der Waals surface area contributed by atoms with Crippen LogP contribution in [0.15, 0.2) is 34.9 Å². The number of halogens is 1. The molecule has 1 aromatic heterocycles. The monoisotopic (exact) mass is 362 g/mol. The molecule has 2 heterocycles. The van der Waals surface area contributed by atoms with E-state index in [0.717, 1.165) is 0 Å². The lowest BCUT2D eigenvalue weighted by molar-refractivity contribution is -0.121. The first-order valence-electron chi connectivity index (χ1n) is 8.07. The third-order valence-corrected chi connectivity index (χ3v) is 4.38. The molecule has 0 atom stereocenters. The number of nitrogens with one attached hydrogen (secondary N) is 2. The van der Waals surface area contributed by atoms with Crippen LogP contribution in [0.5, 0.6) is 0 Å². The van der Waals surface area contributed by atoms with Crippen LogP contribution in [-0.2, 0) is 4.79 Å². The highest BCUT2D eigenvalue weighted by Gasteiger charge is 2.27. The van der Waals surface area contributed by atoms with Gasteiger partial charge in [0.25, 0.3) is 0 Å². The number of amides is 3. The van der Waals surface area contributed by atoms with Gasteiger partial charge in [-0.25, -0.2) is 4.79 Å². The molecule has 1 fully saturated rings. The Morgan fingerprint density at radius 3 is 2.48 bits per heavy atom. The average Bonchev–Trinajstić information content (AvgIpc) is 3.02. The molecule has 2 aromatic rings. The van der Waals surface area contributed by atoms with E-state index in [1.165, 1.54) is 0 Å². The zero-order valence-corrected chi connectivity index (χ0v) is 14.5. The van der Waals surface area contributed by atoms with E-state index < -0.39 is 0 Å². The first-order chi connectivity index (χ1) is 12.0. The number of aryl methyl sites for hydroxylation is 1. The van der Waals surface area contributed by atoms with E-state index in [-0.39, 0.29) is 17.9 Å². The van der Waals surface area contributed by atoms with Crippen LogP contribution in [0, 0.1) is 12.8 Å². The fraction of sp³-hybridized carbons (Fsp3) is 0.353. The maximum absolute atomic E-state index is 12.3. The minimum atomic E-state index is -0.173. The molecule has 132 valence electrons. The molecule has 3 amide bonds. The van der Waals surface area contributed by atoms with Crippen LogP contribution in [0.4, 0.5) is 16.3 Å². The van der Waals surface area contributed by atoms with Gasteiger partial charge in [-0.15, -0.1) is 0 Å². The van der Waals surface area contributed by atoms with Gasteiger partial charge in [-0.1, -0.05) is 16.8 Å². The third-order valence-electron chi connectivity index (χ3n) is 4.13. The van der Waals surface area contributed by atoms with Gasteiger partial charge < -0.3 is 20.1 Å². The maximum atomic E-state index is 12.3. The van der Waals surface area contributed by atoms with Crippen LogP contribution in [0.25, 0.3) is 0 Å². The maximum Gasteiger partial charge on any atom is 0.321 e. The zero-order valence-electron chi connectivity index (χ0n) is 13.8. The molecule has 0 radical (unpaired) electrons. The van der Waals surface area contributed by atoms with E-state index in [2.05, 4.69) is 15.8 Å². The van der Waals surface area contributed by atoms with Crippen molar-refractivity contribution in [2.24, 2.45) is 5.92 Å². The van der Waals surface area contributed by atoms with E-state index in [0.29, 0.717) is 48.2 Å². The molecule has 0 bridgehead atoms. The molecule has 1 saturated heterocycles. The minimum absolute atomic E-state index is 0.0916. The van der Waals surface area contributed by atoms with Gasteiger partial charge in [0.15, 0.2) is 5.82 Å². The fourth-order valence-corrected chi connectivity index (χ4v) is 2.86. The van der Waals surface area contributed by atoms with E-state index in [9.17, 15) is 9.59 Å². The largest absolute Gasteiger partial charge is 0.360 e. The van der Waals surface area contributed by atoms with Crippen LogP contribution < -0.4 is 10.6 Å². The molecule has 3 rings (SSSR count). The number of nitrogens with zero attached hydrogens (tertiary/aromatic N) is 2. The highest BCUT2D eigenvalue weighted by Crippen LogP contribution is 2.21. The van der Waals surface area contributed by atoms with Crippen molar-refractivity contribution in [2.45, 2.75) is 19.8 Å². The average molecular weight is 363 g/mol. The van der Waals surface area contributed by atoms with E-state index in [1.807, 2.05) is 0 Å². The smallest absolute Gasteiger partial charge is 0.321 e. The van der Waals surface area contributed by atoms with Gasteiger partial charge >= 0.3 is 6.03 Å². The molecule has 25 heavy (non-hydrogen) atoms. The van der Waals surface area contributed by atoms with Gasteiger partial charge in [0.1, 0.15) is 5.76 Å². The van der Waals surface area contributed by atoms with Gasteiger partial charge in [-0.2, -0.15) is 0 Å². The molecular weight excluding hydrogens is 344 g/mol. The SMILES string of the molecule is Cc1cc(NC(=O)C2CCN(C(=O)Nc3ccc(Cl)cc3)CC2)no1. The van der Waals surface area contributed by atoms with Gasteiger partial charge in [-0.3, -0.25) is 4.79 Å². The van der Waals surface area contributed by atoms with Gasteiger partial charge in [0.2, 0.25) is 5.91 Å². The number of rotatable bonds is 3. The summed E-state index contributed by atoms with van der Waals surface area (Å²) in [6, 6.07) is 8.44. The minimum Gasteiger partial charge on any atom is -0.360 e. The van der Waals surface area contributed by atoms with Crippen LogP contribution in [-0.4, -0.2) is 35.1 Å². The van der Waals surface area contributed by atoms with E-state index in [1.54, 1.807) is 42.2 Å². The molecule has 0 saturated carbocycles. The number of hydrogen-bond donors (Lipinski definition) is 2. The van der Waals surface area contributed by atoms with Gasteiger partial charge in [0.05, 0.1) is 0 Å². The van der Waals surface area contributed by atoms with Crippen molar-refractivity contribution in [1.82, 2.24) is 10.1 Å². The summed E-state index contributed by atoms with van der Waals surface area (Å²) in [6.07, 6.45) is 1.22. The number of benzene rings is 1. The Bertz CT molecular complexity index is 752. The predicted octanol–water partition coefficient (Wildman–Crippen LogP) is 3.52. The molecular formula is C17H19ClN4O3. The van der Waals surface area contributed by atoms with E-state index in [4.69, 9.17) is 16.1 Å². The second kappa shape index (κ2) is 7.57. The molecule has 7 nitrogen and oxygen atoms in total. The number of aromatic nitrogens is 1. The molecule has 0 aliphatic carbocycles. The highest BCUT2D eigenvalue weighted by atomic mass is 35.5. The number of piperidine rings is 1. The summed E-state index contributed by atoms with van der Waals surface area (Å²) in [5.74, 6) is 0.831. The summed E-state index contributed by atoms with van der Waals surface area (Å²) in [4.78, 5) is 26.2. The molecule has 0 unspecified atom stereocenters. The summed E-state index contributed by atoms with van der Waals surface area (Å²) >= 11 is 5.83. The normalized spacial score (nSPS) is 15.0. The van der Waals surface area contributed by atoms with Crippen molar-refractivity contribution in [1.29, 1.82) is 0 Å². The van der Waals surface area contributed by atoms with Gasteiger partial charge in [0, 0.05) is 35.8 Å². The number of hydrogen-bond acceptors (Lipinski definition) is 4. The molecule has 8 heteroatoms. The van der Waals surface area contributed by atoms with Crippen molar-refractivity contribution >= 4 is 35.0 Å². The zero-order chi connectivity index (χ0) is 17.8. The Balaban J connectivity index is 1.48. The second-order valence-electron chi connectivity index (χ2n) is 6.01. The summed E-state index contributed by atoms with van der Waals surface area (Å²) < 4.78 is 4.93. The fourth-order valence-electron chi connectivity index (χ4n) is 2.73. The molecule has 1 aliphatic heterocycles. The first kappa shape index (κ1) is 17.3. The summed E-state index contributed by atoms with van der Waals surface area (Å²) in [6.45, 7) is 2.81. The number of carbonyl (C=O) groups is 2. The lowest BCUT2D eigenvalue weighted by Gasteiger charge is -2.31. The molecule has 1 aliphatic rings. The van der Waals surface area contributed by atoms with E-state index >= 15 is 0 Å².